The smallest absolute Gasteiger partial charge is 0.216 e. The van der Waals surface area contributed by atoms with Gasteiger partial charge in [0.25, 0.3) is 0 Å². The lowest BCUT2D eigenvalue weighted by Gasteiger charge is -2.18. The number of rotatable bonds is 6. The summed E-state index contributed by atoms with van der Waals surface area (Å²) in [6.45, 7) is 3.05. The number of aromatic nitrogens is 4. The minimum Gasteiger partial charge on any atom is -0.358 e. The highest BCUT2D eigenvalue weighted by Gasteiger charge is 2.29. The summed E-state index contributed by atoms with van der Waals surface area (Å²) in [6, 6.07) is 3.91. The van der Waals surface area contributed by atoms with Gasteiger partial charge in [0.2, 0.25) is 5.91 Å². The maximum atomic E-state index is 10.8. The maximum Gasteiger partial charge on any atom is 0.216 e. The lowest BCUT2D eigenvalue weighted by Crippen LogP contribution is -2.27. The summed E-state index contributed by atoms with van der Waals surface area (Å²) in [5.41, 5.74) is 0.798. The molecule has 112 valence electrons. The van der Waals surface area contributed by atoms with Crippen LogP contribution >= 0.6 is 0 Å². The molecule has 0 radical (unpaired) electrons. The fourth-order valence-corrected chi connectivity index (χ4v) is 2.29. The van der Waals surface area contributed by atoms with Crippen LogP contribution in [0.5, 0.6) is 0 Å². The minimum absolute atomic E-state index is 0.00997. The zero-order chi connectivity index (χ0) is 14.8. The molecule has 1 aliphatic carbocycles. The van der Waals surface area contributed by atoms with E-state index in [-0.39, 0.29) is 5.91 Å². The Morgan fingerprint density at radius 1 is 1.43 bits per heavy atom. The molecule has 0 spiro atoms. The Hall–Kier alpha value is -2.18. The van der Waals surface area contributed by atoms with Gasteiger partial charge in [0.05, 0.1) is 0 Å². The molecule has 7 nitrogen and oxygen atoms in total. The fraction of sp³-hybridized carbons (Fsp3) is 0.571. The van der Waals surface area contributed by atoms with E-state index in [9.17, 15) is 4.79 Å². The van der Waals surface area contributed by atoms with Crippen molar-refractivity contribution < 1.29 is 4.79 Å². The zero-order valence-electron chi connectivity index (χ0n) is 12.4. The second-order valence-electron chi connectivity index (χ2n) is 5.55. The number of nitrogens with one attached hydrogen (secondary N) is 1. The van der Waals surface area contributed by atoms with Crippen molar-refractivity contribution in [2.45, 2.75) is 32.1 Å². The first-order valence-corrected chi connectivity index (χ1v) is 7.33. The summed E-state index contributed by atoms with van der Waals surface area (Å²) in [5.74, 6) is 2.40. The number of carbonyl (C=O) groups is 1. The molecule has 1 fully saturated rings. The topological polar surface area (TPSA) is 75.4 Å². The number of carbonyl (C=O) groups excluding carboxylic acids is 1. The standard InChI is InChI=1S/C14H20N6O/c1-10(21)15-8-3-9-19(2)13-7-6-12-16-17-14(11-4-5-11)20(12)18-13/h6-7,11H,3-5,8-9H2,1-2H3,(H,15,21). The molecule has 2 heterocycles. The van der Waals surface area contributed by atoms with Crippen molar-refractivity contribution in [2.75, 3.05) is 25.0 Å². The molecular weight excluding hydrogens is 268 g/mol. The predicted molar refractivity (Wildman–Crippen MR) is 79.3 cm³/mol. The molecule has 21 heavy (non-hydrogen) atoms. The number of hydrogen-bond donors (Lipinski definition) is 1. The molecule has 1 N–H and O–H groups in total. The number of fused-ring (bicyclic) bond motifs is 1. The van der Waals surface area contributed by atoms with Crippen LogP contribution in [0.15, 0.2) is 12.1 Å². The van der Waals surface area contributed by atoms with Gasteiger partial charge in [0, 0.05) is 33.0 Å². The number of hydrogen-bond acceptors (Lipinski definition) is 5. The fourth-order valence-electron chi connectivity index (χ4n) is 2.29. The van der Waals surface area contributed by atoms with Crippen molar-refractivity contribution in [2.24, 2.45) is 0 Å². The molecule has 0 aliphatic heterocycles. The van der Waals surface area contributed by atoms with Crippen molar-refractivity contribution in [3.8, 4) is 0 Å². The Kier molecular flexibility index (Phi) is 3.72. The monoisotopic (exact) mass is 288 g/mol. The van der Waals surface area contributed by atoms with Crippen LogP contribution in [0.4, 0.5) is 5.82 Å². The van der Waals surface area contributed by atoms with E-state index >= 15 is 0 Å². The first-order chi connectivity index (χ1) is 10.1. The summed E-state index contributed by atoms with van der Waals surface area (Å²) in [7, 11) is 2.00. The van der Waals surface area contributed by atoms with E-state index in [1.54, 1.807) is 0 Å². The zero-order valence-corrected chi connectivity index (χ0v) is 12.4. The highest BCUT2D eigenvalue weighted by atomic mass is 16.1. The molecule has 1 amide bonds. The second kappa shape index (κ2) is 5.67. The van der Waals surface area contributed by atoms with E-state index in [2.05, 4.69) is 25.5 Å². The first-order valence-electron chi connectivity index (χ1n) is 7.33. The first kappa shape index (κ1) is 13.8. The summed E-state index contributed by atoms with van der Waals surface area (Å²) in [4.78, 5) is 12.9. The lowest BCUT2D eigenvalue weighted by atomic mass is 10.3. The molecule has 0 unspecified atom stereocenters. The largest absolute Gasteiger partial charge is 0.358 e. The average Bonchev–Trinajstić information content (AvgIpc) is 3.22. The lowest BCUT2D eigenvalue weighted by molar-refractivity contribution is -0.118. The number of anilines is 1. The molecule has 2 aromatic rings. The molecular formula is C14H20N6O. The Morgan fingerprint density at radius 3 is 2.95 bits per heavy atom. The van der Waals surface area contributed by atoms with E-state index in [4.69, 9.17) is 0 Å². The summed E-state index contributed by atoms with van der Waals surface area (Å²) in [5, 5.41) is 15.8. The highest BCUT2D eigenvalue weighted by Crippen LogP contribution is 2.38. The van der Waals surface area contributed by atoms with Gasteiger partial charge < -0.3 is 10.2 Å². The SMILES string of the molecule is CC(=O)NCCCN(C)c1ccc2nnc(C3CC3)n2n1. The van der Waals surface area contributed by atoms with Crippen molar-refractivity contribution in [3.63, 3.8) is 0 Å². The van der Waals surface area contributed by atoms with Gasteiger partial charge >= 0.3 is 0 Å². The quantitative estimate of drug-likeness (QED) is 0.801. The molecule has 2 aromatic heterocycles. The molecule has 3 rings (SSSR count). The van der Waals surface area contributed by atoms with Gasteiger partial charge in [-0.1, -0.05) is 0 Å². The number of nitrogens with zero attached hydrogens (tertiary/aromatic N) is 5. The predicted octanol–water partition coefficient (Wildman–Crippen LogP) is 0.964. The Bertz CT molecular complexity index is 648. The third-order valence-corrected chi connectivity index (χ3v) is 3.65. The van der Waals surface area contributed by atoms with Crippen molar-refractivity contribution in [1.82, 2.24) is 25.1 Å². The second-order valence-corrected chi connectivity index (χ2v) is 5.55. The Morgan fingerprint density at radius 2 is 2.24 bits per heavy atom. The van der Waals surface area contributed by atoms with Crippen LogP contribution in [-0.4, -0.2) is 45.9 Å². The van der Waals surface area contributed by atoms with E-state index in [0.29, 0.717) is 12.5 Å². The molecule has 1 aliphatic rings. The normalized spacial score (nSPS) is 14.4. The average molecular weight is 288 g/mol. The van der Waals surface area contributed by atoms with Gasteiger partial charge in [-0.15, -0.1) is 15.3 Å². The van der Waals surface area contributed by atoms with Crippen LogP contribution in [0.2, 0.25) is 0 Å². The Balaban J connectivity index is 1.68. The maximum absolute atomic E-state index is 10.8. The summed E-state index contributed by atoms with van der Waals surface area (Å²) >= 11 is 0. The van der Waals surface area contributed by atoms with Gasteiger partial charge in [-0.25, -0.2) is 0 Å². The molecule has 0 bridgehead atoms. The molecule has 7 heteroatoms. The Labute approximate surface area is 123 Å². The van der Waals surface area contributed by atoms with E-state index in [1.165, 1.54) is 19.8 Å². The minimum atomic E-state index is 0.00997. The van der Waals surface area contributed by atoms with Crippen molar-refractivity contribution in [3.05, 3.63) is 18.0 Å². The van der Waals surface area contributed by atoms with Crippen LogP contribution in [0.25, 0.3) is 5.65 Å². The molecule has 0 atom stereocenters. The van der Waals surface area contributed by atoms with E-state index in [1.807, 2.05) is 23.7 Å². The summed E-state index contributed by atoms with van der Waals surface area (Å²) < 4.78 is 1.86. The van der Waals surface area contributed by atoms with Crippen LogP contribution in [0.1, 0.15) is 37.9 Å². The van der Waals surface area contributed by atoms with Crippen LogP contribution in [0, 0.1) is 0 Å². The highest BCUT2D eigenvalue weighted by molar-refractivity contribution is 5.72. The van der Waals surface area contributed by atoms with Gasteiger partial charge in [0.15, 0.2) is 11.5 Å². The van der Waals surface area contributed by atoms with E-state index < -0.39 is 0 Å². The molecule has 1 saturated carbocycles. The van der Waals surface area contributed by atoms with Crippen LogP contribution < -0.4 is 10.2 Å². The van der Waals surface area contributed by atoms with Gasteiger partial charge in [-0.05, 0) is 31.4 Å². The van der Waals surface area contributed by atoms with Gasteiger partial charge in [0.1, 0.15) is 5.82 Å². The van der Waals surface area contributed by atoms with Gasteiger partial charge in [-0.2, -0.15) is 4.52 Å². The molecule has 0 saturated heterocycles. The van der Waals surface area contributed by atoms with E-state index in [0.717, 1.165) is 30.3 Å². The summed E-state index contributed by atoms with van der Waals surface area (Å²) in [6.07, 6.45) is 3.24. The molecule has 0 aromatic carbocycles. The number of amides is 1. The third-order valence-electron chi connectivity index (χ3n) is 3.65. The van der Waals surface area contributed by atoms with Crippen LogP contribution in [-0.2, 0) is 4.79 Å². The van der Waals surface area contributed by atoms with Crippen molar-refractivity contribution >= 4 is 17.4 Å². The van der Waals surface area contributed by atoms with Gasteiger partial charge in [-0.3, -0.25) is 4.79 Å². The third kappa shape index (κ3) is 3.12. The van der Waals surface area contributed by atoms with Crippen LogP contribution in [0.3, 0.4) is 0 Å². The van der Waals surface area contributed by atoms with Crippen molar-refractivity contribution in [1.29, 1.82) is 0 Å².